The maximum atomic E-state index is 10.3. The zero-order valence-electron chi connectivity index (χ0n) is 14.0. The number of carboxylic acid groups (broad SMARTS) is 1. The van der Waals surface area contributed by atoms with E-state index in [0.717, 1.165) is 38.5 Å². The van der Waals surface area contributed by atoms with Crippen molar-refractivity contribution in [3.05, 3.63) is 0 Å². The molecule has 0 aliphatic heterocycles. The molecule has 0 radical (unpaired) electrons. The van der Waals surface area contributed by atoms with E-state index in [0.29, 0.717) is 6.42 Å². The summed E-state index contributed by atoms with van der Waals surface area (Å²) < 4.78 is 0. The zero-order valence-corrected chi connectivity index (χ0v) is 14.0. The molecule has 22 heavy (non-hydrogen) atoms. The molecule has 0 rings (SSSR count). The number of carboxylic acids is 1. The van der Waals surface area contributed by atoms with E-state index in [4.69, 9.17) is 5.11 Å². The van der Waals surface area contributed by atoms with Gasteiger partial charge in [-0.2, -0.15) is 0 Å². The average molecular weight is 341 g/mol. The number of aliphatic hydroxyl groups excluding tert-OH is 1. The summed E-state index contributed by atoms with van der Waals surface area (Å²) in [6.07, 6.45) is 16.3. The van der Waals surface area contributed by atoms with Crippen LogP contribution in [0.1, 0.15) is 103 Å². The van der Waals surface area contributed by atoms with Crippen LogP contribution in [-0.4, -0.2) is 73.7 Å². The van der Waals surface area contributed by atoms with Crippen molar-refractivity contribution in [2.24, 2.45) is 0 Å². The molecule has 0 spiro atoms. The van der Waals surface area contributed by atoms with Crippen LogP contribution in [0.5, 0.6) is 0 Å². The Bertz CT molecular complexity index is 234. The summed E-state index contributed by atoms with van der Waals surface area (Å²) in [7, 11) is 0. The quantitative estimate of drug-likeness (QED) is 0.317. The van der Waals surface area contributed by atoms with Crippen molar-refractivity contribution in [3.63, 3.8) is 0 Å². The Morgan fingerprint density at radius 2 is 1.18 bits per heavy atom. The van der Waals surface area contributed by atoms with E-state index in [2.05, 4.69) is 6.92 Å². The molecule has 0 fully saturated rings. The van der Waals surface area contributed by atoms with Crippen LogP contribution >= 0.6 is 0 Å². The molecular formula is C18H37KO3. The number of carbonyl (C=O) groups is 1. The van der Waals surface area contributed by atoms with Crippen LogP contribution in [0.3, 0.4) is 0 Å². The second-order valence-electron chi connectivity index (χ2n) is 6.26. The number of aliphatic hydroxyl groups is 1. The molecule has 0 saturated carbocycles. The molecule has 1 unspecified atom stereocenters. The molecule has 0 bridgehead atoms. The van der Waals surface area contributed by atoms with Gasteiger partial charge in [-0.25, -0.2) is 0 Å². The summed E-state index contributed by atoms with van der Waals surface area (Å²) in [6, 6.07) is 0. The van der Waals surface area contributed by atoms with Gasteiger partial charge < -0.3 is 10.2 Å². The molecular weight excluding hydrogens is 303 g/mol. The van der Waals surface area contributed by atoms with Gasteiger partial charge in [-0.15, -0.1) is 0 Å². The molecule has 0 aliphatic carbocycles. The third kappa shape index (κ3) is 21.1. The maximum absolute atomic E-state index is 10.3. The number of hydrogen-bond donors (Lipinski definition) is 2. The number of unbranched alkanes of at least 4 members (excludes halogenated alkanes) is 10. The molecule has 0 amide bonds. The van der Waals surface area contributed by atoms with Gasteiger partial charge in [0.25, 0.3) is 0 Å². The second kappa shape index (κ2) is 20.1. The number of hydrogen-bond acceptors (Lipinski definition) is 2. The molecule has 2 N–H and O–H groups in total. The molecule has 0 aromatic heterocycles. The predicted molar refractivity (Wildman–Crippen MR) is 95.7 cm³/mol. The fourth-order valence-electron chi connectivity index (χ4n) is 2.67. The Labute approximate surface area is 180 Å². The van der Waals surface area contributed by atoms with Gasteiger partial charge in [-0.3, -0.25) is 4.79 Å². The first-order chi connectivity index (χ1) is 10.2. The summed E-state index contributed by atoms with van der Waals surface area (Å²) >= 11 is 0. The SMILES string of the molecule is CCCCCCC(O)CCCCCCCCCCC(=O)O.[KH]. The Morgan fingerprint density at radius 3 is 1.64 bits per heavy atom. The fourth-order valence-corrected chi connectivity index (χ4v) is 2.67. The average Bonchev–Trinajstić information content (AvgIpc) is 2.45. The van der Waals surface area contributed by atoms with E-state index in [1.165, 1.54) is 51.4 Å². The third-order valence-electron chi connectivity index (χ3n) is 4.07. The van der Waals surface area contributed by atoms with Gasteiger partial charge in [0.2, 0.25) is 0 Å². The standard InChI is InChI=1S/C18H36O3.K.H/c1-2-3-4-11-14-17(19)15-12-9-7-5-6-8-10-13-16-18(20)21;;/h17,19H,2-16H2,1H3,(H,20,21);;. The van der Waals surface area contributed by atoms with Crippen LogP contribution in [-0.2, 0) is 4.79 Å². The van der Waals surface area contributed by atoms with Crippen molar-refractivity contribution < 1.29 is 15.0 Å². The van der Waals surface area contributed by atoms with E-state index in [1.807, 2.05) is 0 Å². The minimum absolute atomic E-state index is 0. The fraction of sp³-hybridized carbons (Fsp3) is 0.944. The Balaban J connectivity index is 0. The van der Waals surface area contributed by atoms with Gasteiger partial charge in [0.05, 0.1) is 6.10 Å². The normalized spacial score (nSPS) is 11.9. The molecule has 4 heteroatoms. The van der Waals surface area contributed by atoms with Crippen molar-refractivity contribution in [1.29, 1.82) is 0 Å². The Morgan fingerprint density at radius 1 is 0.773 bits per heavy atom. The van der Waals surface area contributed by atoms with Crippen LogP contribution < -0.4 is 0 Å². The van der Waals surface area contributed by atoms with Gasteiger partial charge >= 0.3 is 57.4 Å². The van der Waals surface area contributed by atoms with Crippen LogP contribution in [0.2, 0.25) is 0 Å². The monoisotopic (exact) mass is 340 g/mol. The summed E-state index contributed by atoms with van der Waals surface area (Å²) in [5.74, 6) is -0.678. The first kappa shape index (κ1) is 25.3. The van der Waals surface area contributed by atoms with Crippen molar-refractivity contribution in [1.82, 2.24) is 0 Å². The zero-order chi connectivity index (χ0) is 15.8. The molecule has 128 valence electrons. The first-order valence-corrected chi connectivity index (χ1v) is 9.06. The summed E-state index contributed by atoms with van der Waals surface area (Å²) in [5, 5.41) is 18.4. The topological polar surface area (TPSA) is 57.5 Å². The summed E-state index contributed by atoms with van der Waals surface area (Å²) in [4.78, 5) is 10.3. The summed E-state index contributed by atoms with van der Waals surface area (Å²) in [6.45, 7) is 2.21. The van der Waals surface area contributed by atoms with Gasteiger partial charge in [0, 0.05) is 6.42 Å². The Kier molecular flexibility index (Phi) is 23.1. The Hall–Kier alpha value is 1.07. The molecule has 0 heterocycles. The van der Waals surface area contributed by atoms with E-state index < -0.39 is 5.97 Å². The minimum atomic E-state index is -0.678. The predicted octanol–water partition coefficient (Wildman–Crippen LogP) is 4.65. The van der Waals surface area contributed by atoms with Crippen molar-refractivity contribution in [2.75, 3.05) is 0 Å². The van der Waals surface area contributed by atoms with Crippen molar-refractivity contribution in [3.8, 4) is 0 Å². The molecule has 0 aromatic rings. The van der Waals surface area contributed by atoms with Gasteiger partial charge in [-0.05, 0) is 19.3 Å². The van der Waals surface area contributed by atoms with Crippen LogP contribution in [0, 0.1) is 0 Å². The van der Waals surface area contributed by atoms with Crippen LogP contribution in [0.4, 0.5) is 0 Å². The van der Waals surface area contributed by atoms with E-state index in [1.54, 1.807) is 0 Å². The summed E-state index contributed by atoms with van der Waals surface area (Å²) in [5.41, 5.74) is 0. The first-order valence-electron chi connectivity index (χ1n) is 9.06. The van der Waals surface area contributed by atoms with Gasteiger partial charge in [-0.1, -0.05) is 77.6 Å². The molecule has 1 atom stereocenters. The molecule has 0 aliphatic rings. The van der Waals surface area contributed by atoms with E-state index in [9.17, 15) is 9.90 Å². The van der Waals surface area contributed by atoms with Gasteiger partial charge in [0.1, 0.15) is 0 Å². The van der Waals surface area contributed by atoms with E-state index >= 15 is 0 Å². The second-order valence-corrected chi connectivity index (χ2v) is 6.26. The van der Waals surface area contributed by atoms with Gasteiger partial charge in [0.15, 0.2) is 0 Å². The third-order valence-corrected chi connectivity index (χ3v) is 4.07. The molecule has 3 nitrogen and oxygen atoms in total. The molecule has 0 saturated heterocycles. The van der Waals surface area contributed by atoms with Crippen LogP contribution in [0.15, 0.2) is 0 Å². The molecule has 0 aromatic carbocycles. The van der Waals surface area contributed by atoms with Crippen LogP contribution in [0.25, 0.3) is 0 Å². The van der Waals surface area contributed by atoms with E-state index in [-0.39, 0.29) is 57.5 Å². The number of aliphatic carboxylic acids is 1. The number of rotatable bonds is 16. The van der Waals surface area contributed by atoms with Crippen molar-refractivity contribution >= 4 is 57.4 Å². The van der Waals surface area contributed by atoms with Crippen molar-refractivity contribution in [2.45, 2.75) is 109 Å².